The van der Waals surface area contributed by atoms with Gasteiger partial charge in [0.1, 0.15) is 5.82 Å². The standard InChI is InChI=1S/C19H22ClN5/c1-25(13-11-24-19-4-2-3-8-23-19)12-10-22-17-7-9-21-18-14-15(20)5-6-16(17)18/h2-9,14H,10-13H2,1H3,(H,21,22)(H,23,24). The first-order valence-corrected chi connectivity index (χ1v) is 8.72. The number of nitrogens with zero attached hydrogens (tertiary/aromatic N) is 3. The molecule has 0 radical (unpaired) electrons. The maximum atomic E-state index is 6.03. The highest BCUT2D eigenvalue weighted by Gasteiger charge is 2.03. The molecular formula is C19H22ClN5. The largest absolute Gasteiger partial charge is 0.383 e. The highest BCUT2D eigenvalue weighted by Crippen LogP contribution is 2.24. The molecule has 2 heterocycles. The quantitative estimate of drug-likeness (QED) is 0.644. The van der Waals surface area contributed by atoms with Crippen molar-refractivity contribution in [2.24, 2.45) is 0 Å². The molecule has 130 valence electrons. The molecule has 5 nitrogen and oxygen atoms in total. The number of rotatable bonds is 8. The van der Waals surface area contributed by atoms with Gasteiger partial charge in [0.2, 0.25) is 0 Å². The third kappa shape index (κ3) is 5.05. The van der Waals surface area contributed by atoms with Crippen molar-refractivity contribution in [3.63, 3.8) is 0 Å². The van der Waals surface area contributed by atoms with E-state index in [0.717, 1.165) is 48.6 Å². The van der Waals surface area contributed by atoms with E-state index in [1.165, 1.54) is 0 Å². The molecule has 0 atom stereocenters. The summed E-state index contributed by atoms with van der Waals surface area (Å²) in [6, 6.07) is 13.7. The molecule has 1 aromatic carbocycles. The van der Waals surface area contributed by atoms with Gasteiger partial charge in [-0.25, -0.2) is 4.98 Å². The van der Waals surface area contributed by atoms with E-state index in [2.05, 4.69) is 32.5 Å². The van der Waals surface area contributed by atoms with Crippen molar-refractivity contribution in [1.82, 2.24) is 14.9 Å². The first-order chi connectivity index (χ1) is 12.2. The Labute approximate surface area is 153 Å². The summed E-state index contributed by atoms with van der Waals surface area (Å²) in [5.41, 5.74) is 1.99. The molecule has 2 N–H and O–H groups in total. The van der Waals surface area contributed by atoms with Gasteiger partial charge in [-0.15, -0.1) is 0 Å². The number of hydrogen-bond acceptors (Lipinski definition) is 5. The molecule has 0 aliphatic heterocycles. The lowest BCUT2D eigenvalue weighted by Gasteiger charge is -2.18. The van der Waals surface area contributed by atoms with E-state index < -0.39 is 0 Å². The lowest BCUT2D eigenvalue weighted by atomic mass is 10.2. The van der Waals surface area contributed by atoms with Crippen LogP contribution >= 0.6 is 11.6 Å². The number of pyridine rings is 2. The zero-order valence-electron chi connectivity index (χ0n) is 14.2. The van der Waals surface area contributed by atoms with Gasteiger partial charge < -0.3 is 15.5 Å². The molecule has 0 aliphatic carbocycles. The predicted molar refractivity (Wildman–Crippen MR) is 105 cm³/mol. The van der Waals surface area contributed by atoms with Crippen molar-refractivity contribution in [3.05, 3.63) is 59.9 Å². The Bertz CT molecular complexity index is 809. The van der Waals surface area contributed by atoms with Crippen molar-refractivity contribution in [3.8, 4) is 0 Å². The van der Waals surface area contributed by atoms with E-state index in [-0.39, 0.29) is 0 Å². The minimum atomic E-state index is 0.706. The molecule has 0 saturated carbocycles. The number of hydrogen-bond donors (Lipinski definition) is 2. The van der Waals surface area contributed by atoms with E-state index in [4.69, 9.17) is 11.6 Å². The average Bonchev–Trinajstić information content (AvgIpc) is 2.62. The molecule has 0 fully saturated rings. The Morgan fingerprint density at radius 2 is 1.80 bits per heavy atom. The summed E-state index contributed by atoms with van der Waals surface area (Å²) >= 11 is 6.03. The maximum absolute atomic E-state index is 6.03. The fraction of sp³-hybridized carbons (Fsp3) is 0.263. The van der Waals surface area contributed by atoms with Crippen LogP contribution in [0.4, 0.5) is 11.5 Å². The second-order valence-electron chi connectivity index (χ2n) is 5.89. The smallest absolute Gasteiger partial charge is 0.125 e. The van der Waals surface area contributed by atoms with Crippen LogP contribution in [0.25, 0.3) is 10.9 Å². The maximum Gasteiger partial charge on any atom is 0.125 e. The second kappa shape index (κ2) is 8.65. The van der Waals surface area contributed by atoms with Gasteiger partial charge in [-0.1, -0.05) is 17.7 Å². The zero-order chi connectivity index (χ0) is 17.5. The topological polar surface area (TPSA) is 53.1 Å². The lowest BCUT2D eigenvalue weighted by molar-refractivity contribution is 0.361. The van der Waals surface area contributed by atoms with Crippen LogP contribution in [0.1, 0.15) is 0 Å². The van der Waals surface area contributed by atoms with E-state index in [1.807, 2.05) is 48.7 Å². The van der Waals surface area contributed by atoms with Gasteiger partial charge in [-0.05, 0) is 43.4 Å². The van der Waals surface area contributed by atoms with Crippen molar-refractivity contribution in [1.29, 1.82) is 0 Å². The summed E-state index contributed by atoms with van der Waals surface area (Å²) in [4.78, 5) is 10.9. The molecule has 0 spiro atoms. The van der Waals surface area contributed by atoms with Gasteiger partial charge in [0.25, 0.3) is 0 Å². The third-order valence-electron chi connectivity index (χ3n) is 3.98. The van der Waals surface area contributed by atoms with Crippen LogP contribution in [0.5, 0.6) is 0 Å². The summed E-state index contributed by atoms with van der Waals surface area (Å²) in [7, 11) is 2.12. The molecule has 0 amide bonds. The summed E-state index contributed by atoms with van der Waals surface area (Å²) in [6.07, 6.45) is 3.60. The monoisotopic (exact) mass is 355 g/mol. The molecule has 0 saturated heterocycles. The van der Waals surface area contributed by atoms with Crippen molar-refractivity contribution in [2.75, 3.05) is 43.9 Å². The fourth-order valence-corrected chi connectivity index (χ4v) is 2.78. The summed E-state index contributed by atoms with van der Waals surface area (Å²) in [5, 5.41) is 8.60. The van der Waals surface area contributed by atoms with Crippen LogP contribution < -0.4 is 10.6 Å². The molecule has 0 unspecified atom stereocenters. The van der Waals surface area contributed by atoms with Gasteiger partial charge in [-0.2, -0.15) is 0 Å². The normalized spacial score (nSPS) is 11.0. The molecule has 6 heteroatoms. The summed E-state index contributed by atoms with van der Waals surface area (Å²) in [5.74, 6) is 0.913. The number of nitrogens with one attached hydrogen (secondary N) is 2. The first-order valence-electron chi connectivity index (χ1n) is 8.34. The molecule has 0 aliphatic rings. The zero-order valence-corrected chi connectivity index (χ0v) is 15.0. The van der Waals surface area contributed by atoms with Crippen molar-refractivity contribution < 1.29 is 0 Å². The van der Waals surface area contributed by atoms with Gasteiger partial charge in [0.15, 0.2) is 0 Å². The molecule has 25 heavy (non-hydrogen) atoms. The van der Waals surface area contributed by atoms with E-state index in [0.29, 0.717) is 5.02 Å². The van der Waals surface area contributed by atoms with Gasteiger partial charge >= 0.3 is 0 Å². The number of fused-ring (bicyclic) bond motifs is 1. The SMILES string of the molecule is CN(CCNc1ccccn1)CCNc1ccnc2cc(Cl)ccc12. The highest BCUT2D eigenvalue weighted by molar-refractivity contribution is 6.31. The molecule has 0 bridgehead atoms. The number of halogens is 1. The minimum absolute atomic E-state index is 0.706. The highest BCUT2D eigenvalue weighted by atomic mass is 35.5. The van der Waals surface area contributed by atoms with Crippen LogP contribution in [-0.2, 0) is 0 Å². The Morgan fingerprint density at radius 3 is 2.60 bits per heavy atom. The van der Waals surface area contributed by atoms with Crippen molar-refractivity contribution >= 4 is 34.0 Å². The van der Waals surface area contributed by atoms with Crippen molar-refractivity contribution in [2.45, 2.75) is 0 Å². The van der Waals surface area contributed by atoms with E-state index in [9.17, 15) is 0 Å². The van der Waals surface area contributed by atoms with Gasteiger partial charge in [-0.3, -0.25) is 4.98 Å². The van der Waals surface area contributed by atoms with Crippen LogP contribution in [0, 0.1) is 0 Å². The molecule has 3 aromatic rings. The predicted octanol–water partition coefficient (Wildman–Crippen LogP) is 3.74. The molecule has 3 rings (SSSR count). The number of benzene rings is 1. The summed E-state index contributed by atoms with van der Waals surface area (Å²) in [6.45, 7) is 3.62. The Kier molecular flexibility index (Phi) is 6.04. The number of anilines is 2. The molecule has 2 aromatic heterocycles. The van der Waals surface area contributed by atoms with E-state index >= 15 is 0 Å². The fourth-order valence-electron chi connectivity index (χ4n) is 2.61. The minimum Gasteiger partial charge on any atom is -0.383 e. The van der Waals surface area contributed by atoms with Crippen LogP contribution in [-0.4, -0.2) is 48.1 Å². The van der Waals surface area contributed by atoms with Crippen LogP contribution in [0.3, 0.4) is 0 Å². The third-order valence-corrected chi connectivity index (χ3v) is 4.21. The number of likely N-dealkylation sites (N-methyl/N-ethyl adjacent to an activating group) is 1. The average molecular weight is 356 g/mol. The van der Waals surface area contributed by atoms with Gasteiger partial charge in [0, 0.05) is 54.7 Å². The van der Waals surface area contributed by atoms with Gasteiger partial charge in [0.05, 0.1) is 5.52 Å². The van der Waals surface area contributed by atoms with E-state index in [1.54, 1.807) is 6.20 Å². The first kappa shape index (κ1) is 17.5. The van der Waals surface area contributed by atoms with Crippen LogP contribution in [0.2, 0.25) is 5.02 Å². The Morgan fingerprint density at radius 1 is 0.960 bits per heavy atom. The number of aromatic nitrogens is 2. The second-order valence-corrected chi connectivity index (χ2v) is 6.33. The Hall–Kier alpha value is -2.37. The lowest BCUT2D eigenvalue weighted by Crippen LogP contribution is -2.29. The summed E-state index contributed by atoms with van der Waals surface area (Å²) < 4.78 is 0. The van der Waals surface area contributed by atoms with Crippen LogP contribution in [0.15, 0.2) is 54.9 Å². The Balaban J connectivity index is 1.45. The molecular weight excluding hydrogens is 334 g/mol.